The highest BCUT2D eigenvalue weighted by Gasteiger charge is 2.19. The first-order valence-electron chi connectivity index (χ1n) is 23.7. The van der Waals surface area contributed by atoms with E-state index in [0.717, 1.165) is 69.6 Å². The van der Waals surface area contributed by atoms with Crippen LogP contribution in [0.4, 0.5) is 0 Å². The topological polar surface area (TPSA) is 78.9 Å². The molecule has 0 fully saturated rings. The Morgan fingerprint density at radius 3 is 0.907 bits per heavy atom. The number of carbonyl (C=O) groups excluding carboxylic acids is 3. The minimum atomic E-state index is -0.759. The molecule has 54 heavy (non-hydrogen) atoms. The zero-order valence-corrected chi connectivity index (χ0v) is 36.8. The van der Waals surface area contributed by atoms with Crippen molar-refractivity contribution >= 4 is 17.9 Å². The van der Waals surface area contributed by atoms with Crippen LogP contribution in [0.2, 0.25) is 0 Å². The lowest BCUT2D eigenvalue weighted by atomic mass is 10.0. The van der Waals surface area contributed by atoms with Crippen molar-refractivity contribution in [2.45, 2.75) is 265 Å². The van der Waals surface area contributed by atoms with Crippen LogP contribution in [0.15, 0.2) is 0 Å². The SMILES string of the molecule is CCCCCCCCCC(=O)OC[C@@H](COC(=O)CCCCCCCCCCCCCC(C)C)OC(=O)CCCCCCCCCCCCCCC(C)C. The van der Waals surface area contributed by atoms with Crippen molar-refractivity contribution in [1.29, 1.82) is 0 Å². The van der Waals surface area contributed by atoms with Gasteiger partial charge >= 0.3 is 17.9 Å². The van der Waals surface area contributed by atoms with Crippen LogP contribution in [0.5, 0.6) is 0 Å². The van der Waals surface area contributed by atoms with Crippen molar-refractivity contribution in [2.75, 3.05) is 13.2 Å². The maximum Gasteiger partial charge on any atom is 0.306 e. The zero-order chi connectivity index (χ0) is 39.7. The molecule has 1 atom stereocenters. The van der Waals surface area contributed by atoms with Crippen molar-refractivity contribution in [3.63, 3.8) is 0 Å². The molecule has 0 saturated heterocycles. The van der Waals surface area contributed by atoms with Gasteiger partial charge in [0.05, 0.1) is 0 Å². The molecule has 0 aromatic rings. The second kappa shape index (κ2) is 41.1. The van der Waals surface area contributed by atoms with Gasteiger partial charge in [-0.1, -0.05) is 221 Å². The first-order valence-corrected chi connectivity index (χ1v) is 23.7. The van der Waals surface area contributed by atoms with Gasteiger partial charge in [-0.15, -0.1) is 0 Å². The lowest BCUT2D eigenvalue weighted by Crippen LogP contribution is -2.30. The van der Waals surface area contributed by atoms with Gasteiger partial charge in [0.15, 0.2) is 6.10 Å². The van der Waals surface area contributed by atoms with Gasteiger partial charge < -0.3 is 14.2 Å². The summed E-state index contributed by atoms with van der Waals surface area (Å²) in [6, 6.07) is 0. The highest BCUT2D eigenvalue weighted by atomic mass is 16.6. The second-order valence-corrected chi connectivity index (χ2v) is 17.3. The number of carbonyl (C=O) groups is 3. The van der Waals surface area contributed by atoms with Gasteiger partial charge in [0, 0.05) is 19.3 Å². The van der Waals surface area contributed by atoms with Crippen LogP contribution in [0.25, 0.3) is 0 Å². The Morgan fingerprint density at radius 2 is 0.611 bits per heavy atom. The predicted octanol–water partition coefficient (Wildman–Crippen LogP) is 15.0. The highest BCUT2D eigenvalue weighted by Crippen LogP contribution is 2.17. The predicted molar refractivity (Wildman–Crippen MR) is 229 cm³/mol. The van der Waals surface area contributed by atoms with E-state index >= 15 is 0 Å². The van der Waals surface area contributed by atoms with Crippen LogP contribution in [0.3, 0.4) is 0 Å². The Morgan fingerprint density at radius 1 is 0.352 bits per heavy atom. The summed E-state index contributed by atoms with van der Waals surface area (Å²) in [4.78, 5) is 37.7. The molecular formula is C48H92O6. The smallest absolute Gasteiger partial charge is 0.306 e. The minimum absolute atomic E-state index is 0.0648. The molecule has 0 N–H and O–H groups in total. The van der Waals surface area contributed by atoms with Gasteiger partial charge in [0.1, 0.15) is 13.2 Å². The molecule has 320 valence electrons. The van der Waals surface area contributed by atoms with Crippen LogP contribution in [-0.4, -0.2) is 37.2 Å². The molecule has 0 bridgehead atoms. The van der Waals surface area contributed by atoms with Gasteiger partial charge in [-0.25, -0.2) is 0 Å². The summed E-state index contributed by atoms with van der Waals surface area (Å²) >= 11 is 0. The zero-order valence-electron chi connectivity index (χ0n) is 36.8. The minimum Gasteiger partial charge on any atom is -0.462 e. The molecule has 0 aromatic carbocycles. The standard InChI is InChI=1S/C48H92O6/c1-6-7-8-9-21-28-33-38-46(49)52-41-45(42-53-47(50)39-34-29-24-19-16-12-14-18-23-27-32-37-44(4)5)54-48(51)40-35-30-25-20-15-11-10-13-17-22-26-31-36-43(2)3/h43-45H,6-42H2,1-5H3/t45-/m0/s1. The van der Waals surface area contributed by atoms with E-state index in [1.165, 1.54) is 148 Å². The number of ether oxygens (including phenoxy) is 3. The molecule has 0 unspecified atom stereocenters. The molecule has 0 spiro atoms. The number of hydrogen-bond acceptors (Lipinski definition) is 6. The molecule has 0 rings (SSSR count). The quantitative estimate of drug-likeness (QED) is 0.0350. The molecule has 0 radical (unpaired) electrons. The van der Waals surface area contributed by atoms with Crippen molar-refractivity contribution in [2.24, 2.45) is 11.8 Å². The molecule has 6 heteroatoms. The van der Waals surface area contributed by atoms with Crippen molar-refractivity contribution in [3.05, 3.63) is 0 Å². The Bertz CT molecular complexity index is 824. The molecule has 6 nitrogen and oxygen atoms in total. The summed E-state index contributed by atoms with van der Waals surface area (Å²) < 4.78 is 16.7. The van der Waals surface area contributed by atoms with Crippen LogP contribution >= 0.6 is 0 Å². The average Bonchev–Trinajstić information content (AvgIpc) is 3.14. The number of rotatable bonds is 42. The van der Waals surface area contributed by atoms with Gasteiger partial charge in [-0.2, -0.15) is 0 Å². The van der Waals surface area contributed by atoms with Gasteiger partial charge in [-0.3, -0.25) is 14.4 Å². The number of esters is 3. The Labute approximate surface area is 336 Å². The van der Waals surface area contributed by atoms with E-state index in [9.17, 15) is 14.4 Å². The van der Waals surface area contributed by atoms with Crippen molar-refractivity contribution in [3.8, 4) is 0 Å². The first kappa shape index (κ1) is 52.4. The maximum absolute atomic E-state index is 12.7. The third kappa shape index (κ3) is 41.6. The molecule has 0 aromatic heterocycles. The van der Waals surface area contributed by atoms with Crippen LogP contribution < -0.4 is 0 Å². The van der Waals surface area contributed by atoms with E-state index in [1.807, 2.05) is 0 Å². The normalized spacial score (nSPS) is 12.1. The van der Waals surface area contributed by atoms with Crippen molar-refractivity contribution in [1.82, 2.24) is 0 Å². The Hall–Kier alpha value is -1.59. The first-order chi connectivity index (χ1) is 26.2. The summed E-state index contributed by atoms with van der Waals surface area (Å²) in [5.74, 6) is 0.799. The summed E-state index contributed by atoms with van der Waals surface area (Å²) in [5.41, 5.74) is 0. The van der Waals surface area contributed by atoms with Gasteiger partial charge in [0.2, 0.25) is 0 Å². The van der Waals surface area contributed by atoms with Crippen molar-refractivity contribution < 1.29 is 28.6 Å². The van der Waals surface area contributed by atoms with Gasteiger partial charge in [-0.05, 0) is 31.1 Å². The third-order valence-electron chi connectivity index (χ3n) is 10.7. The monoisotopic (exact) mass is 765 g/mol. The fourth-order valence-corrected chi connectivity index (χ4v) is 7.11. The van der Waals surface area contributed by atoms with Gasteiger partial charge in [0.25, 0.3) is 0 Å². The Balaban J connectivity index is 4.25. The largest absolute Gasteiger partial charge is 0.462 e. The molecule has 0 aliphatic carbocycles. The van der Waals surface area contributed by atoms with Crippen LogP contribution in [0.1, 0.15) is 259 Å². The molecule has 0 aliphatic heterocycles. The molecule has 0 aliphatic rings. The maximum atomic E-state index is 12.7. The average molecular weight is 765 g/mol. The van der Waals surface area contributed by atoms with Crippen LogP contribution in [-0.2, 0) is 28.6 Å². The highest BCUT2D eigenvalue weighted by molar-refractivity contribution is 5.71. The second-order valence-electron chi connectivity index (χ2n) is 17.3. The van der Waals surface area contributed by atoms with E-state index < -0.39 is 6.10 Å². The molecule has 0 heterocycles. The van der Waals surface area contributed by atoms with E-state index in [1.54, 1.807) is 0 Å². The third-order valence-corrected chi connectivity index (χ3v) is 10.7. The van der Waals surface area contributed by atoms with E-state index in [2.05, 4.69) is 34.6 Å². The molecular weight excluding hydrogens is 673 g/mol. The number of unbranched alkanes of at least 4 members (excludes halogenated alkanes) is 27. The van der Waals surface area contributed by atoms with E-state index in [4.69, 9.17) is 14.2 Å². The lowest BCUT2D eigenvalue weighted by Gasteiger charge is -2.18. The fourth-order valence-electron chi connectivity index (χ4n) is 7.11. The summed E-state index contributed by atoms with van der Waals surface area (Å²) in [6.45, 7) is 11.3. The lowest BCUT2D eigenvalue weighted by molar-refractivity contribution is -0.167. The Kier molecular flexibility index (Phi) is 39.8. The molecule has 0 amide bonds. The molecule has 0 saturated carbocycles. The van der Waals surface area contributed by atoms with E-state index in [-0.39, 0.29) is 31.1 Å². The summed E-state index contributed by atoms with van der Waals surface area (Å²) in [6.07, 6.45) is 39.5. The van der Waals surface area contributed by atoms with E-state index in [0.29, 0.717) is 19.3 Å². The number of hydrogen-bond donors (Lipinski definition) is 0. The summed E-state index contributed by atoms with van der Waals surface area (Å²) in [5, 5.41) is 0. The fraction of sp³-hybridized carbons (Fsp3) is 0.938. The summed E-state index contributed by atoms with van der Waals surface area (Å²) in [7, 11) is 0. The van der Waals surface area contributed by atoms with Crippen LogP contribution in [0, 0.1) is 11.8 Å².